The van der Waals surface area contributed by atoms with Gasteiger partial charge in [0.05, 0.1) is 18.8 Å². The van der Waals surface area contributed by atoms with Gasteiger partial charge in [-0.3, -0.25) is 9.79 Å². The Morgan fingerprint density at radius 1 is 1.28 bits per heavy atom. The lowest BCUT2D eigenvalue weighted by atomic mass is 10.1. The van der Waals surface area contributed by atoms with E-state index in [-0.39, 0.29) is 23.2 Å². The second-order valence-electron chi connectivity index (χ2n) is 8.43. The van der Waals surface area contributed by atoms with Gasteiger partial charge in [-0.15, -0.1) is 0 Å². The molecule has 9 nitrogen and oxygen atoms in total. The smallest absolute Gasteiger partial charge is 0.433 e. The number of aliphatic imine (C=N–C) groups is 1. The maximum Gasteiger partial charge on any atom is 0.433 e. The van der Waals surface area contributed by atoms with Gasteiger partial charge in [-0.05, 0) is 31.0 Å². The average molecular weight is 508 g/mol. The van der Waals surface area contributed by atoms with Crippen LogP contribution >= 0.6 is 0 Å². The molecular weight excluding hydrogens is 475 g/mol. The van der Waals surface area contributed by atoms with E-state index in [0.29, 0.717) is 17.8 Å². The van der Waals surface area contributed by atoms with E-state index in [1.165, 1.54) is 19.2 Å². The number of hydrogen-bond donors (Lipinski definition) is 4. The summed E-state index contributed by atoms with van der Waals surface area (Å²) in [6.07, 6.45) is -1.17. The molecule has 1 aromatic heterocycles. The standard InChI is InChI=1S/C24H32F3N7O2/c1-36-21-14-18(29)16(15-31-17-5-10-34(11-6-17)12-9-30-8-7-28)13-20(21)33-23(35)19-3-2-4-22(32-19)24(25,26)27/h2-4,13-15,17,30H,5-12,28-29H2,1H3,(H,33,35). The topological polar surface area (TPSA) is 131 Å². The molecule has 0 bridgehead atoms. The van der Waals surface area contributed by atoms with Crippen molar-refractivity contribution >= 4 is 23.5 Å². The number of aromatic nitrogens is 1. The molecule has 1 aliphatic heterocycles. The molecule has 0 atom stereocenters. The third kappa shape index (κ3) is 7.64. The van der Waals surface area contributed by atoms with Crippen molar-refractivity contribution < 1.29 is 22.7 Å². The quantitative estimate of drug-likeness (QED) is 0.221. The Balaban J connectivity index is 1.66. The number of anilines is 2. The van der Waals surface area contributed by atoms with Crippen molar-refractivity contribution in [1.29, 1.82) is 0 Å². The summed E-state index contributed by atoms with van der Waals surface area (Å²) in [7, 11) is 1.40. The number of piperidine rings is 1. The van der Waals surface area contributed by atoms with E-state index in [9.17, 15) is 18.0 Å². The first-order valence-electron chi connectivity index (χ1n) is 11.7. The minimum absolute atomic E-state index is 0.145. The van der Waals surface area contributed by atoms with Gasteiger partial charge >= 0.3 is 6.18 Å². The SMILES string of the molecule is COc1cc(N)c(C=NC2CCN(CCNCCN)CC2)cc1NC(=O)c1cccc(C(F)(F)F)n1. The van der Waals surface area contributed by atoms with Crippen molar-refractivity contribution in [2.24, 2.45) is 10.7 Å². The number of likely N-dealkylation sites (tertiary alicyclic amines) is 1. The zero-order valence-corrected chi connectivity index (χ0v) is 20.1. The molecule has 196 valence electrons. The highest BCUT2D eigenvalue weighted by Gasteiger charge is 2.33. The molecule has 1 aromatic carbocycles. The molecule has 1 saturated heterocycles. The molecule has 0 saturated carbocycles. The van der Waals surface area contributed by atoms with E-state index in [1.54, 1.807) is 12.3 Å². The number of carbonyl (C=O) groups is 1. The lowest BCUT2D eigenvalue weighted by Gasteiger charge is -2.30. The number of rotatable bonds is 10. The van der Waals surface area contributed by atoms with Gasteiger partial charge in [-0.25, -0.2) is 4.98 Å². The molecular formula is C24H32F3N7O2. The fourth-order valence-electron chi connectivity index (χ4n) is 3.84. The van der Waals surface area contributed by atoms with E-state index in [4.69, 9.17) is 16.2 Å². The normalized spacial score (nSPS) is 15.4. The summed E-state index contributed by atoms with van der Waals surface area (Å²) in [5.41, 5.74) is 11.3. The first-order valence-corrected chi connectivity index (χ1v) is 11.7. The minimum atomic E-state index is -4.66. The summed E-state index contributed by atoms with van der Waals surface area (Å²) in [6, 6.07) is 6.41. The summed E-state index contributed by atoms with van der Waals surface area (Å²) in [4.78, 5) is 23.1. The molecule has 2 aromatic rings. The number of nitrogens with two attached hydrogens (primary N) is 2. The second-order valence-corrected chi connectivity index (χ2v) is 8.43. The van der Waals surface area contributed by atoms with Gasteiger partial charge < -0.3 is 31.7 Å². The Labute approximate surface area is 208 Å². The zero-order chi connectivity index (χ0) is 26.1. The number of methoxy groups -OCH3 is 1. The lowest BCUT2D eigenvalue weighted by molar-refractivity contribution is -0.141. The van der Waals surface area contributed by atoms with Gasteiger partial charge in [0, 0.05) is 62.8 Å². The maximum atomic E-state index is 13.0. The number of hydrogen-bond acceptors (Lipinski definition) is 8. The highest BCUT2D eigenvalue weighted by atomic mass is 19.4. The fourth-order valence-corrected chi connectivity index (χ4v) is 3.84. The Bertz CT molecular complexity index is 1050. The summed E-state index contributed by atoms with van der Waals surface area (Å²) in [6.45, 7) is 5.18. The van der Waals surface area contributed by atoms with Crippen LogP contribution in [0.15, 0.2) is 35.3 Å². The molecule has 1 fully saturated rings. The molecule has 6 N–H and O–H groups in total. The lowest BCUT2D eigenvalue weighted by Crippen LogP contribution is -2.40. The van der Waals surface area contributed by atoms with Gasteiger partial charge in [0.25, 0.3) is 5.91 Å². The molecule has 0 aliphatic carbocycles. The van der Waals surface area contributed by atoms with Crippen molar-refractivity contribution in [3.63, 3.8) is 0 Å². The predicted molar refractivity (Wildman–Crippen MR) is 134 cm³/mol. The summed E-state index contributed by atoms with van der Waals surface area (Å²) in [5, 5.41) is 5.85. The van der Waals surface area contributed by atoms with Crippen LogP contribution in [0, 0.1) is 0 Å². The summed E-state index contributed by atoms with van der Waals surface area (Å²) in [5.74, 6) is -0.540. The van der Waals surface area contributed by atoms with Crippen LogP contribution in [-0.4, -0.2) is 74.4 Å². The molecule has 3 rings (SSSR count). The zero-order valence-electron chi connectivity index (χ0n) is 20.1. The van der Waals surface area contributed by atoms with Gasteiger partial charge in [0.15, 0.2) is 0 Å². The molecule has 12 heteroatoms. The number of pyridine rings is 1. The second kappa shape index (κ2) is 12.7. The number of nitrogen functional groups attached to an aromatic ring is 1. The number of ether oxygens (including phenoxy) is 1. The number of benzene rings is 1. The van der Waals surface area contributed by atoms with E-state index >= 15 is 0 Å². The predicted octanol–water partition coefficient (Wildman–Crippen LogP) is 2.38. The third-order valence-electron chi connectivity index (χ3n) is 5.83. The van der Waals surface area contributed by atoms with Crippen molar-refractivity contribution in [1.82, 2.24) is 15.2 Å². The monoisotopic (exact) mass is 507 g/mol. The van der Waals surface area contributed by atoms with Crippen LogP contribution in [0.3, 0.4) is 0 Å². The first-order chi connectivity index (χ1) is 17.2. The Morgan fingerprint density at radius 3 is 2.69 bits per heavy atom. The van der Waals surface area contributed by atoms with Crippen LogP contribution in [0.25, 0.3) is 0 Å². The molecule has 0 unspecified atom stereocenters. The van der Waals surface area contributed by atoms with Crippen LogP contribution in [0.1, 0.15) is 34.6 Å². The fraction of sp³-hybridized carbons (Fsp3) is 0.458. The van der Waals surface area contributed by atoms with Crippen molar-refractivity contribution in [3.8, 4) is 5.75 Å². The van der Waals surface area contributed by atoms with Crippen molar-refractivity contribution in [3.05, 3.63) is 47.3 Å². The first kappa shape index (κ1) is 27.4. The van der Waals surface area contributed by atoms with E-state index < -0.39 is 17.8 Å². The number of alkyl halides is 3. The third-order valence-corrected chi connectivity index (χ3v) is 5.83. The number of halogens is 3. The number of nitrogens with zero attached hydrogens (tertiary/aromatic N) is 3. The molecule has 0 radical (unpaired) electrons. The van der Waals surface area contributed by atoms with E-state index in [2.05, 4.69) is 25.5 Å². The number of nitrogens with one attached hydrogen (secondary N) is 2. The average Bonchev–Trinajstić information content (AvgIpc) is 2.87. The van der Waals surface area contributed by atoms with Crippen molar-refractivity contribution in [2.45, 2.75) is 25.1 Å². The Kier molecular flexibility index (Phi) is 9.62. The Hall–Kier alpha value is -3.22. The van der Waals surface area contributed by atoms with Crippen LogP contribution in [-0.2, 0) is 6.18 Å². The van der Waals surface area contributed by atoms with Gasteiger partial charge in [0.2, 0.25) is 0 Å². The molecule has 0 spiro atoms. The molecule has 36 heavy (non-hydrogen) atoms. The number of amides is 1. The van der Waals surface area contributed by atoms with Gasteiger partial charge in [-0.1, -0.05) is 6.07 Å². The highest BCUT2D eigenvalue weighted by Crippen LogP contribution is 2.31. The van der Waals surface area contributed by atoms with Crippen LogP contribution < -0.4 is 26.8 Å². The molecule has 1 aliphatic rings. The largest absolute Gasteiger partial charge is 0.494 e. The molecule has 1 amide bonds. The highest BCUT2D eigenvalue weighted by molar-refractivity contribution is 6.04. The number of carbonyl (C=O) groups excluding carboxylic acids is 1. The van der Waals surface area contributed by atoms with Crippen molar-refractivity contribution in [2.75, 3.05) is 57.4 Å². The van der Waals surface area contributed by atoms with E-state index in [1.807, 2.05) is 0 Å². The maximum absolute atomic E-state index is 13.0. The Morgan fingerprint density at radius 2 is 2.03 bits per heavy atom. The van der Waals surface area contributed by atoms with Gasteiger partial charge in [-0.2, -0.15) is 13.2 Å². The molecule has 2 heterocycles. The summed E-state index contributed by atoms with van der Waals surface area (Å²) < 4.78 is 44.2. The minimum Gasteiger partial charge on any atom is -0.494 e. The summed E-state index contributed by atoms with van der Waals surface area (Å²) >= 11 is 0. The van der Waals surface area contributed by atoms with Crippen LogP contribution in [0.5, 0.6) is 5.75 Å². The van der Waals surface area contributed by atoms with Crippen LogP contribution in [0.2, 0.25) is 0 Å². The van der Waals surface area contributed by atoms with Crippen LogP contribution in [0.4, 0.5) is 24.5 Å². The van der Waals surface area contributed by atoms with Gasteiger partial charge in [0.1, 0.15) is 17.1 Å². The van der Waals surface area contributed by atoms with E-state index in [0.717, 1.165) is 57.7 Å².